The SMILES string of the molecule is O=C(O)c1ccc(NC(=O)C(Cc2ccccc2)O[P+](=O)CO)cc1. The summed E-state index contributed by atoms with van der Waals surface area (Å²) in [6, 6.07) is 14.7. The number of carboxylic acid groups (broad SMARTS) is 1. The molecule has 8 heteroatoms. The number of aliphatic hydroxyl groups is 1. The van der Waals surface area contributed by atoms with Crippen molar-refractivity contribution in [2.75, 3.05) is 11.7 Å². The molecule has 0 aliphatic heterocycles. The second-order valence-electron chi connectivity index (χ2n) is 5.13. The molecule has 2 rings (SSSR count). The van der Waals surface area contributed by atoms with Crippen LogP contribution in [0.1, 0.15) is 15.9 Å². The van der Waals surface area contributed by atoms with Crippen molar-refractivity contribution < 1.29 is 28.9 Å². The molecule has 0 spiro atoms. The van der Waals surface area contributed by atoms with Gasteiger partial charge in [0, 0.05) is 12.1 Å². The number of hydrogen-bond acceptors (Lipinski definition) is 5. The molecular weight excluding hydrogens is 345 g/mol. The minimum atomic E-state index is -2.37. The van der Waals surface area contributed by atoms with Gasteiger partial charge in [0.1, 0.15) is 0 Å². The highest BCUT2D eigenvalue weighted by Crippen LogP contribution is 2.25. The van der Waals surface area contributed by atoms with Gasteiger partial charge in [-0.2, -0.15) is 0 Å². The standard InChI is InChI=1S/C17H16NO6P/c19-11-25(23)24-15(10-12-4-2-1-3-5-12)16(20)18-14-8-6-13(7-9-14)17(21)22/h1-9,15,19H,10-11H2,(H-,18,20,21,22)/p+1. The van der Waals surface area contributed by atoms with E-state index in [1.165, 1.54) is 24.3 Å². The Morgan fingerprint density at radius 2 is 1.72 bits per heavy atom. The molecule has 2 atom stereocenters. The Kier molecular flexibility index (Phi) is 6.77. The molecule has 0 radical (unpaired) electrons. The fraction of sp³-hybridized carbons (Fsp3) is 0.176. The molecule has 130 valence electrons. The lowest BCUT2D eigenvalue weighted by Crippen LogP contribution is -2.31. The first kappa shape index (κ1) is 18.7. The predicted molar refractivity (Wildman–Crippen MR) is 91.7 cm³/mol. The van der Waals surface area contributed by atoms with E-state index in [1.807, 2.05) is 6.07 Å². The number of nitrogens with one attached hydrogen (secondary N) is 1. The lowest BCUT2D eigenvalue weighted by atomic mass is 10.1. The van der Waals surface area contributed by atoms with Crippen LogP contribution in [-0.2, 0) is 20.3 Å². The third-order valence-electron chi connectivity index (χ3n) is 3.32. The van der Waals surface area contributed by atoms with Gasteiger partial charge in [0.25, 0.3) is 12.3 Å². The molecule has 3 N–H and O–H groups in total. The van der Waals surface area contributed by atoms with Gasteiger partial charge >= 0.3 is 14.0 Å². The third kappa shape index (κ3) is 5.76. The van der Waals surface area contributed by atoms with Crippen molar-refractivity contribution >= 4 is 25.6 Å². The zero-order valence-corrected chi connectivity index (χ0v) is 14.1. The number of carboxylic acids is 1. The van der Waals surface area contributed by atoms with E-state index in [4.69, 9.17) is 14.7 Å². The minimum absolute atomic E-state index is 0.0958. The normalized spacial score (nSPS) is 12.3. The van der Waals surface area contributed by atoms with E-state index in [9.17, 15) is 14.2 Å². The molecule has 0 saturated carbocycles. The number of amides is 1. The van der Waals surface area contributed by atoms with Crippen LogP contribution in [-0.4, -0.2) is 34.5 Å². The Morgan fingerprint density at radius 1 is 1.08 bits per heavy atom. The molecule has 1 amide bonds. The summed E-state index contributed by atoms with van der Waals surface area (Å²) in [6.45, 7) is 0. The smallest absolute Gasteiger partial charge is 0.478 e. The van der Waals surface area contributed by atoms with Crippen molar-refractivity contribution in [3.05, 3.63) is 65.7 Å². The highest BCUT2D eigenvalue weighted by atomic mass is 31.1. The van der Waals surface area contributed by atoms with Crippen molar-refractivity contribution in [1.29, 1.82) is 0 Å². The summed E-state index contributed by atoms with van der Waals surface area (Å²) >= 11 is 0. The van der Waals surface area contributed by atoms with Crippen LogP contribution in [0.5, 0.6) is 0 Å². The second-order valence-corrected chi connectivity index (χ2v) is 6.29. The molecule has 25 heavy (non-hydrogen) atoms. The van der Waals surface area contributed by atoms with Gasteiger partial charge in [-0.25, -0.2) is 4.79 Å². The molecular formula is C17H17NO6P+. The third-order valence-corrected chi connectivity index (χ3v) is 4.04. The predicted octanol–water partition coefficient (Wildman–Crippen LogP) is 2.64. The maximum absolute atomic E-state index is 12.4. The topological polar surface area (TPSA) is 113 Å². The molecule has 0 heterocycles. The van der Waals surface area contributed by atoms with E-state index in [1.54, 1.807) is 24.3 Å². The molecule has 7 nitrogen and oxygen atoms in total. The van der Waals surface area contributed by atoms with E-state index in [-0.39, 0.29) is 12.0 Å². The molecule has 2 unspecified atom stereocenters. The van der Waals surface area contributed by atoms with Crippen molar-refractivity contribution in [1.82, 2.24) is 0 Å². The first-order valence-corrected chi connectivity index (χ1v) is 8.76. The van der Waals surface area contributed by atoms with Crippen molar-refractivity contribution in [3.63, 3.8) is 0 Å². The van der Waals surface area contributed by atoms with Crippen LogP contribution < -0.4 is 5.32 Å². The quantitative estimate of drug-likeness (QED) is 0.622. The highest BCUT2D eigenvalue weighted by molar-refractivity contribution is 7.38. The number of carbonyl (C=O) groups excluding carboxylic acids is 1. The summed E-state index contributed by atoms with van der Waals surface area (Å²) in [5.74, 6) is -1.60. The molecule has 0 saturated heterocycles. The van der Waals surface area contributed by atoms with Gasteiger partial charge in [0.15, 0.2) is 6.10 Å². The number of aromatic carboxylic acids is 1. The van der Waals surface area contributed by atoms with Crippen molar-refractivity contribution in [2.45, 2.75) is 12.5 Å². The maximum atomic E-state index is 12.4. The first-order valence-electron chi connectivity index (χ1n) is 7.40. The Labute approximate surface area is 145 Å². The zero-order valence-electron chi connectivity index (χ0n) is 13.2. The Hall–Kier alpha value is -2.60. The summed E-state index contributed by atoms with van der Waals surface area (Å²) in [5, 5.41) is 20.4. The number of hydrogen-bond donors (Lipinski definition) is 3. The lowest BCUT2D eigenvalue weighted by molar-refractivity contribution is -0.122. The molecule has 0 aromatic heterocycles. The molecule has 0 bridgehead atoms. The molecule has 0 aliphatic carbocycles. The van der Waals surface area contributed by atoms with Gasteiger partial charge in [-0.3, -0.25) is 4.79 Å². The number of carbonyl (C=O) groups is 2. The van der Waals surface area contributed by atoms with Gasteiger partial charge in [0.2, 0.25) is 0 Å². The molecule has 0 fully saturated rings. The maximum Gasteiger partial charge on any atom is 0.537 e. The van der Waals surface area contributed by atoms with Crippen LogP contribution in [0.2, 0.25) is 0 Å². The van der Waals surface area contributed by atoms with Crippen LogP contribution in [0.15, 0.2) is 54.6 Å². The van der Waals surface area contributed by atoms with Crippen LogP contribution in [0.4, 0.5) is 5.69 Å². The van der Waals surface area contributed by atoms with Crippen molar-refractivity contribution in [2.24, 2.45) is 0 Å². The molecule has 2 aromatic rings. The van der Waals surface area contributed by atoms with E-state index >= 15 is 0 Å². The zero-order chi connectivity index (χ0) is 18.2. The fourth-order valence-electron chi connectivity index (χ4n) is 2.10. The Morgan fingerprint density at radius 3 is 2.28 bits per heavy atom. The van der Waals surface area contributed by atoms with Gasteiger partial charge in [0.05, 0.1) is 5.56 Å². The van der Waals surface area contributed by atoms with Crippen LogP contribution in [0.3, 0.4) is 0 Å². The average Bonchev–Trinajstić information content (AvgIpc) is 2.62. The molecule has 0 aliphatic rings. The highest BCUT2D eigenvalue weighted by Gasteiger charge is 2.30. The number of rotatable bonds is 8. The summed E-state index contributed by atoms with van der Waals surface area (Å²) in [5.41, 5.74) is 1.29. The monoisotopic (exact) mass is 362 g/mol. The molecule has 2 aromatic carbocycles. The van der Waals surface area contributed by atoms with Gasteiger partial charge < -0.3 is 15.5 Å². The second kappa shape index (κ2) is 9.03. The summed E-state index contributed by atoms with van der Waals surface area (Å²) in [6.07, 6.45) is -1.56. The minimum Gasteiger partial charge on any atom is -0.478 e. The summed E-state index contributed by atoms with van der Waals surface area (Å²) in [7, 11) is -2.37. The van der Waals surface area contributed by atoms with Crippen LogP contribution >= 0.6 is 8.03 Å². The van der Waals surface area contributed by atoms with E-state index in [2.05, 4.69) is 5.32 Å². The van der Waals surface area contributed by atoms with E-state index in [0.717, 1.165) is 5.56 Å². The fourth-order valence-corrected chi connectivity index (χ4v) is 2.62. The number of aliphatic hydroxyl groups excluding tert-OH is 1. The van der Waals surface area contributed by atoms with Crippen LogP contribution in [0, 0.1) is 0 Å². The summed E-state index contributed by atoms with van der Waals surface area (Å²) in [4.78, 5) is 23.3. The Balaban J connectivity index is 2.10. The number of anilines is 1. The van der Waals surface area contributed by atoms with Gasteiger partial charge in [-0.05, 0) is 34.4 Å². The van der Waals surface area contributed by atoms with Gasteiger partial charge in [-0.1, -0.05) is 30.3 Å². The summed E-state index contributed by atoms with van der Waals surface area (Å²) < 4.78 is 16.7. The number of benzene rings is 2. The van der Waals surface area contributed by atoms with Gasteiger partial charge in [-0.15, -0.1) is 4.52 Å². The first-order chi connectivity index (χ1) is 12.0. The van der Waals surface area contributed by atoms with E-state index in [0.29, 0.717) is 5.69 Å². The average molecular weight is 362 g/mol. The largest absolute Gasteiger partial charge is 0.537 e. The van der Waals surface area contributed by atoms with Crippen LogP contribution in [0.25, 0.3) is 0 Å². The Bertz CT molecular complexity index is 747. The van der Waals surface area contributed by atoms with Crippen molar-refractivity contribution in [3.8, 4) is 0 Å². The van der Waals surface area contributed by atoms with E-state index < -0.39 is 32.4 Å². The lowest BCUT2D eigenvalue weighted by Gasteiger charge is -2.12.